The van der Waals surface area contributed by atoms with Crippen molar-refractivity contribution in [1.29, 1.82) is 0 Å². The molecule has 7 nitrogen and oxygen atoms in total. The summed E-state index contributed by atoms with van der Waals surface area (Å²) in [5, 5.41) is 9.50. The normalized spacial score (nSPS) is 11.6. The molecule has 21 heavy (non-hydrogen) atoms. The van der Waals surface area contributed by atoms with E-state index in [9.17, 15) is 9.59 Å². The van der Waals surface area contributed by atoms with Crippen molar-refractivity contribution < 1.29 is 9.59 Å². The summed E-state index contributed by atoms with van der Waals surface area (Å²) in [4.78, 5) is 29.8. The number of amides is 2. The Morgan fingerprint density at radius 3 is 2.38 bits per heavy atom. The van der Waals surface area contributed by atoms with Gasteiger partial charge in [-0.2, -0.15) is 0 Å². The zero-order chi connectivity index (χ0) is 16.2. The van der Waals surface area contributed by atoms with Gasteiger partial charge in [0.25, 0.3) is 5.91 Å². The fourth-order valence-corrected chi connectivity index (χ4v) is 1.70. The maximum Gasteiger partial charge on any atom is 0.293 e. The lowest BCUT2D eigenvalue weighted by Gasteiger charge is -2.19. The molecule has 118 valence electrons. The van der Waals surface area contributed by atoms with E-state index in [4.69, 9.17) is 0 Å². The molecule has 0 saturated carbocycles. The maximum atomic E-state index is 12.3. The molecule has 2 amide bonds. The van der Waals surface area contributed by atoms with Crippen molar-refractivity contribution in [3.63, 3.8) is 0 Å². The van der Waals surface area contributed by atoms with Gasteiger partial charge >= 0.3 is 0 Å². The molecule has 0 aliphatic heterocycles. The minimum Gasteiger partial charge on any atom is -0.352 e. The van der Waals surface area contributed by atoms with Crippen LogP contribution < -0.4 is 5.32 Å². The SMILES string of the molecule is CCN(CC(=O)NC(C)C)C(=O)c1n[nH]c(C(C)(C)C)n1. The second-order valence-electron chi connectivity index (χ2n) is 6.30. The molecule has 1 heterocycles. The van der Waals surface area contributed by atoms with Crippen LogP contribution in [-0.4, -0.2) is 51.0 Å². The first-order valence-corrected chi connectivity index (χ1v) is 7.16. The Morgan fingerprint density at radius 1 is 1.33 bits per heavy atom. The topological polar surface area (TPSA) is 91.0 Å². The van der Waals surface area contributed by atoms with Gasteiger partial charge in [0.1, 0.15) is 5.82 Å². The summed E-state index contributed by atoms with van der Waals surface area (Å²) in [6.07, 6.45) is 0. The molecule has 0 saturated heterocycles. The van der Waals surface area contributed by atoms with E-state index in [1.54, 1.807) is 0 Å². The first-order valence-electron chi connectivity index (χ1n) is 7.16. The number of H-pyrrole nitrogens is 1. The van der Waals surface area contributed by atoms with Gasteiger partial charge in [0, 0.05) is 18.0 Å². The Kier molecular flexibility index (Phi) is 5.46. The van der Waals surface area contributed by atoms with Crippen molar-refractivity contribution in [3.8, 4) is 0 Å². The third-order valence-corrected chi connectivity index (χ3v) is 2.84. The molecule has 0 fully saturated rings. The van der Waals surface area contributed by atoms with Crippen LogP contribution in [0.15, 0.2) is 0 Å². The number of hydrogen-bond donors (Lipinski definition) is 2. The highest BCUT2D eigenvalue weighted by Crippen LogP contribution is 2.17. The van der Waals surface area contributed by atoms with Crippen molar-refractivity contribution >= 4 is 11.8 Å². The van der Waals surface area contributed by atoms with E-state index in [0.29, 0.717) is 12.4 Å². The van der Waals surface area contributed by atoms with Crippen LogP contribution in [0.2, 0.25) is 0 Å². The largest absolute Gasteiger partial charge is 0.352 e. The molecule has 0 atom stereocenters. The van der Waals surface area contributed by atoms with Gasteiger partial charge in [-0.3, -0.25) is 14.7 Å². The fraction of sp³-hybridized carbons (Fsp3) is 0.714. The lowest BCUT2D eigenvalue weighted by Crippen LogP contribution is -2.43. The van der Waals surface area contributed by atoms with E-state index in [1.165, 1.54) is 4.90 Å². The molecule has 0 bridgehead atoms. The summed E-state index contributed by atoms with van der Waals surface area (Å²) in [5.41, 5.74) is -0.211. The Bertz CT molecular complexity index is 502. The standard InChI is InChI=1S/C14H25N5O2/c1-7-19(8-10(20)15-9(2)3)12(21)11-16-13(18-17-11)14(4,5)6/h9H,7-8H2,1-6H3,(H,15,20)(H,16,17,18). The first kappa shape index (κ1) is 17.1. The van der Waals surface area contributed by atoms with Gasteiger partial charge in [-0.05, 0) is 20.8 Å². The lowest BCUT2D eigenvalue weighted by molar-refractivity contribution is -0.122. The third kappa shape index (κ3) is 4.84. The van der Waals surface area contributed by atoms with Crippen LogP contribution in [-0.2, 0) is 10.2 Å². The molecule has 7 heteroatoms. The molecule has 0 radical (unpaired) electrons. The number of rotatable bonds is 5. The minimum atomic E-state index is -0.344. The third-order valence-electron chi connectivity index (χ3n) is 2.84. The Morgan fingerprint density at radius 2 is 1.95 bits per heavy atom. The highest BCUT2D eigenvalue weighted by atomic mass is 16.2. The van der Waals surface area contributed by atoms with Gasteiger partial charge in [0.05, 0.1) is 6.54 Å². The van der Waals surface area contributed by atoms with Crippen molar-refractivity contribution in [2.75, 3.05) is 13.1 Å². The summed E-state index contributed by atoms with van der Waals surface area (Å²) < 4.78 is 0. The summed E-state index contributed by atoms with van der Waals surface area (Å²) in [7, 11) is 0. The van der Waals surface area contributed by atoms with E-state index in [2.05, 4.69) is 20.5 Å². The molecular formula is C14H25N5O2. The Labute approximate surface area is 125 Å². The van der Waals surface area contributed by atoms with Crippen molar-refractivity contribution in [3.05, 3.63) is 11.6 Å². The first-order chi connectivity index (χ1) is 9.65. The van der Waals surface area contributed by atoms with Gasteiger partial charge in [-0.15, -0.1) is 5.10 Å². The van der Waals surface area contributed by atoms with E-state index < -0.39 is 0 Å². The fourth-order valence-electron chi connectivity index (χ4n) is 1.70. The second-order valence-corrected chi connectivity index (χ2v) is 6.30. The molecule has 1 aromatic rings. The molecule has 0 aromatic carbocycles. The smallest absolute Gasteiger partial charge is 0.293 e. The highest BCUT2D eigenvalue weighted by molar-refractivity contribution is 5.93. The Balaban J connectivity index is 2.79. The van der Waals surface area contributed by atoms with Gasteiger partial charge in [-0.25, -0.2) is 4.98 Å². The second kappa shape index (κ2) is 6.69. The van der Waals surface area contributed by atoms with E-state index in [0.717, 1.165) is 0 Å². The lowest BCUT2D eigenvalue weighted by atomic mass is 9.96. The zero-order valence-corrected chi connectivity index (χ0v) is 13.6. The van der Waals surface area contributed by atoms with Gasteiger partial charge in [0.15, 0.2) is 0 Å². The average molecular weight is 295 g/mol. The number of nitrogens with one attached hydrogen (secondary N) is 2. The number of hydrogen-bond acceptors (Lipinski definition) is 4. The molecule has 0 aliphatic rings. The van der Waals surface area contributed by atoms with Crippen LogP contribution >= 0.6 is 0 Å². The average Bonchev–Trinajstić information content (AvgIpc) is 2.83. The van der Waals surface area contributed by atoms with Crippen LogP contribution in [0.5, 0.6) is 0 Å². The number of carbonyl (C=O) groups excluding carboxylic acids is 2. The van der Waals surface area contributed by atoms with Crippen LogP contribution in [0.25, 0.3) is 0 Å². The van der Waals surface area contributed by atoms with Gasteiger partial charge < -0.3 is 10.2 Å². The number of nitrogens with zero attached hydrogens (tertiary/aromatic N) is 3. The number of aromatic amines is 1. The maximum absolute atomic E-state index is 12.3. The van der Waals surface area contributed by atoms with Crippen LogP contribution in [0.1, 0.15) is 58.0 Å². The summed E-state index contributed by atoms with van der Waals surface area (Å²) >= 11 is 0. The summed E-state index contributed by atoms with van der Waals surface area (Å²) in [5.74, 6) is 0.211. The highest BCUT2D eigenvalue weighted by Gasteiger charge is 2.25. The van der Waals surface area contributed by atoms with E-state index in [-0.39, 0.29) is 35.6 Å². The number of carbonyl (C=O) groups is 2. The van der Waals surface area contributed by atoms with Gasteiger partial charge in [0.2, 0.25) is 11.7 Å². The zero-order valence-electron chi connectivity index (χ0n) is 13.6. The monoisotopic (exact) mass is 295 g/mol. The molecule has 0 aliphatic carbocycles. The van der Waals surface area contributed by atoms with Crippen molar-refractivity contribution in [2.24, 2.45) is 0 Å². The Hall–Kier alpha value is -1.92. The molecular weight excluding hydrogens is 270 g/mol. The molecule has 1 aromatic heterocycles. The molecule has 0 spiro atoms. The predicted molar refractivity (Wildman–Crippen MR) is 79.9 cm³/mol. The van der Waals surface area contributed by atoms with Crippen LogP contribution in [0.3, 0.4) is 0 Å². The van der Waals surface area contributed by atoms with Crippen LogP contribution in [0, 0.1) is 0 Å². The van der Waals surface area contributed by atoms with E-state index >= 15 is 0 Å². The van der Waals surface area contributed by atoms with Crippen molar-refractivity contribution in [1.82, 2.24) is 25.4 Å². The van der Waals surface area contributed by atoms with Crippen molar-refractivity contribution in [2.45, 2.75) is 53.0 Å². The number of likely N-dealkylation sites (N-methyl/N-ethyl adjacent to an activating group) is 1. The molecule has 1 rings (SSSR count). The van der Waals surface area contributed by atoms with Crippen LogP contribution in [0.4, 0.5) is 0 Å². The quantitative estimate of drug-likeness (QED) is 0.850. The van der Waals surface area contributed by atoms with E-state index in [1.807, 2.05) is 41.5 Å². The minimum absolute atomic E-state index is 0.00685. The predicted octanol–water partition coefficient (Wildman–Crippen LogP) is 1.09. The molecule has 2 N–H and O–H groups in total. The summed E-state index contributed by atoms with van der Waals surface area (Å²) in [6, 6.07) is 0.0438. The summed E-state index contributed by atoms with van der Waals surface area (Å²) in [6.45, 7) is 11.9. The van der Waals surface area contributed by atoms with Gasteiger partial charge in [-0.1, -0.05) is 20.8 Å². The molecule has 0 unspecified atom stereocenters. The number of aromatic nitrogens is 3.